The first-order valence-corrected chi connectivity index (χ1v) is 14.3. The van der Waals surface area contributed by atoms with E-state index in [2.05, 4.69) is 4.98 Å². The predicted octanol–water partition coefficient (Wildman–Crippen LogP) is 3.75. The van der Waals surface area contributed by atoms with Crippen molar-refractivity contribution in [1.82, 2.24) is 9.88 Å². The van der Waals surface area contributed by atoms with Gasteiger partial charge in [-0.2, -0.15) is 0 Å². The number of rotatable bonds is 9. The summed E-state index contributed by atoms with van der Waals surface area (Å²) in [5.41, 5.74) is 2.89. The van der Waals surface area contributed by atoms with Crippen LogP contribution in [0.5, 0.6) is 5.88 Å². The van der Waals surface area contributed by atoms with E-state index in [4.69, 9.17) is 9.73 Å². The Hall–Kier alpha value is -4.71. The fraction of sp³-hybridized carbons (Fsp3) is 0.207. The molecule has 10 nitrogen and oxygen atoms in total. The number of fused-ring (bicyclic) bond motifs is 1. The zero-order valence-electron chi connectivity index (χ0n) is 22.9. The van der Waals surface area contributed by atoms with Gasteiger partial charge in [-0.3, -0.25) is 13.9 Å². The number of nitrogens with zero attached hydrogens (tertiary/aromatic N) is 3. The molecule has 0 saturated heterocycles. The summed E-state index contributed by atoms with van der Waals surface area (Å²) in [7, 11) is 0.609. The van der Waals surface area contributed by atoms with E-state index in [9.17, 15) is 27.5 Å². The molecule has 0 atom stereocenters. The number of sulfonamides is 1. The normalized spacial score (nSPS) is 11.9. The zero-order chi connectivity index (χ0) is 29.9. The molecular formula is C29H29FN4O6S. The number of benzene rings is 3. The molecule has 0 bridgehead atoms. The van der Waals surface area contributed by atoms with Crippen LogP contribution in [-0.4, -0.2) is 75.0 Å². The van der Waals surface area contributed by atoms with Gasteiger partial charge in [-0.15, -0.1) is 0 Å². The number of amides is 1. The molecule has 4 rings (SSSR count). The third-order valence-corrected chi connectivity index (χ3v) is 7.45. The van der Waals surface area contributed by atoms with Crippen molar-refractivity contribution >= 4 is 49.9 Å². The van der Waals surface area contributed by atoms with E-state index < -0.39 is 27.7 Å². The number of aromatic hydroxyl groups is 1. The highest BCUT2D eigenvalue weighted by Crippen LogP contribution is 2.33. The Morgan fingerprint density at radius 1 is 1.05 bits per heavy atom. The highest BCUT2D eigenvalue weighted by molar-refractivity contribution is 7.92. The fourth-order valence-electron chi connectivity index (χ4n) is 4.21. The number of aromatic amines is 1. The van der Waals surface area contributed by atoms with E-state index in [1.54, 1.807) is 36.4 Å². The van der Waals surface area contributed by atoms with Crippen LogP contribution in [0.1, 0.15) is 16.7 Å². The number of esters is 1. The monoisotopic (exact) mass is 580 g/mol. The van der Waals surface area contributed by atoms with Crippen LogP contribution in [0, 0.1) is 5.82 Å². The molecule has 0 fully saturated rings. The van der Waals surface area contributed by atoms with Crippen molar-refractivity contribution in [3.63, 3.8) is 0 Å². The number of hydrogen-bond donors (Lipinski definition) is 2. The fourth-order valence-corrected chi connectivity index (χ4v) is 5.06. The topological polar surface area (TPSA) is 132 Å². The first kappa shape index (κ1) is 29.3. The number of hydrogen-bond acceptors (Lipinski definition) is 7. The zero-order valence-corrected chi connectivity index (χ0v) is 23.7. The van der Waals surface area contributed by atoms with E-state index in [0.717, 1.165) is 10.6 Å². The molecule has 214 valence electrons. The molecule has 41 heavy (non-hydrogen) atoms. The Morgan fingerprint density at radius 3 is 2.39 bits per heavy atom. The number of likely N-dealkylation sites (N-methyl/N-ethyl adjacent to an activating group) is 1. The molecule has 0 unspecified atom stereocenters. The molecule has 2 N–H and O–H groups in total. The van der Waals surface area contributed by atoms with Crippen molar-refractivity contribution in [1.29, 1.82) is 0 Å². The van der Waals surface area contributed by atoms with Gasteiger partial charge in [0.25, 0.3) is 0 Å². The second-order valence-electron chi connectivity index (χ2n) is 9.53. The molecular weight excluding hydrogens is 551 g/mol. The molecule has 0 aliphatic carbocycles. The van der Waals surface area contributed by atoms with Crippen molar-refractivity contribution in [2.24, 2.45) is 4.99 Å². The Bertz CT molecular complexity index is 1750. The molecule has 0 spiro atoms. The van der Waals surface area contributed by atoms with E-state index in [0.29, 0.717) is 39.0 Å². The number of carbonyl (C=O) groups excluding carboxylic acids is 2. The first-order chi connectivity index (χ1) is 19.4. The van der Waals surface area contributed by atoms with E-state index >= 15 is 0 Å². The highest BCUT2D eigenvalue weighted by atomic mass is 32.2. The van der Waals surface area contributed by atoms with Crippen LogP contribution in [0.4, 0.5) is 15.8 Å². The lowest BCUT2D eigenvalue weighted by Crippen LogP contribution is -2.39. The van der Waals surface area contributed by atoms with Gasteiger partial charge in [0.15, 0.2) is 5.88 Å². The van der Waals surface area contributed by atoms with E-state index in [-0.39, 0.29) is 24.5 Å². The lowest BCUT2D eigenvalue weighted by Gasteiger charge is -2.23. The van der Waals surface area contributed by atoms with Crippen LogP contribution in [0.15, 0.2) is 71.7 Å². The lowest BCUT2D eigenvalue weighted by molar-refractivity contribution is -0.139. The Morgan fingerprint density at radius 2 is 1.76 bits per heavy atom. The SMILES string of the molecule is COC(=O)Cc1cccc(C(=Nc2ccc(N(CC(=O)N(C)C)S(C)(=O)=O)cc2)c2c(O)[nH]c3cc(F)ccc23)c1. The molecule has 1 heterocycles. The highest BCUT2D eigenvalue weighted by Gasteiger charge is 2.23. The quantitative estimate of drug-likeness (QED) is 0.229. The molecule has 0 aliphatic heterocycles. The van der Waals surface area contributed by atoms with E-state index in [1.165, 1.54) is 56.4 Å². The maximum atomic E-state index is 13.9. The number of carbonyl (C=O) groups is 2. The van der Waals surface area contributed by atoms with Crippen molar-refractivity contribution in [2.75, 3.05) is 38.3 Å². The Balaban J connectivity index is 1.84. The number of aliphatic imine (C=N–C) groups is 1. The summed E-state index contributed by atoms with van der Waals surface area (Å²) in [5, 5.41) is 11.4. The average Bonchev–Trinajstić information content (AvgIpc) is 3.24. The third-order valence-electron chi connectivity index (χ3n) is 6.31. The van der Waals surface area contributed by atoms with Crippen LogP contribution in [0.2, 0.25) is 0 Å². The molecule has 1 amide bonds. The predicted molar refractivity (Wildman–Crippen MR) is 155 cm³/mol. The second kappa shape index (κ2) is 11.8. The van der Waals surface area contributed by atoms with E-state index in [1.807, 2.05) is 0 Å². The molecule has 0 aliphatic rings. The molecule has 3 aromatic carbocycles. The van der Waals surface area contributed by atoms with Crippen molar-refractivity contribution in [3.05, 3.63) is 89.2 Å². The van der Waals surface area contributed by atoms with Crippen LogP contribution >= 0.6 is 0 Å². The number of nitrogens with one attached hydrogen (secondary N) is 1. The van der Waals surface area contributed by atoms with Gasteiger partial charge in [0.1, 0.15) is 12.4 Å². The molecule has 0 saturated carbocycles. The average molecular weight is 581 g/mol. The van der Waals surface area contributed by atoms with Crippen LogP contribution in [-0.2, 0) is 30.8 Å². The van der Waals surface area contributed by atoms with Gasteiger partial charge in [-0.05, 0) is 54.1 Å². The Labute approximate surface area is 236 Å². The summed E-state index contributed by atoms with van der Waals surface area (Å²) in [6, 6.07) is 17.3. The smallest absolute Gasteiger partial charge is 0.309 e. The second-order valence-corrected chi connectivity index (χ2v) is 11.4. The molecule has 1 aromatic heterocycles. The van der Waals surface area contributed by atoms with Crippen molar-refractivity contribution < 1.29 is 32.2 Å². The summed E-state index contributed by atoms with van der Waals surface area (Å²) in [5.74, 6) is -1.53. The van der Waals surface area contributed by atoms with Gasteiger partial charge in [0.05, 0.1) is 48.0 Å². The maximum Gasteiger partial charge on any atom is 0.309 e. The number of aromatic nitrogens is 1. The van der Waals surface area contributed by atoms with Gasteiger partial charge in [0, 0.05) is 25.0 Å². The minimum absolute atomic E-state index is 0.0182. The summed E-state index contributed by atoms with van der Waals surface area (Å²) in [4.78, 5) is 33.0. The minimum atomic E-state index is -3.77. The summed E-state index contributed by atoms with van der Waals surface area (Å²) >= 11 is 0. The van der Waals surface area contributed by atoms with Gasteiger partial charge < -0.3 is 19.7 Å². The lowest BCUT2D eigenvalue weighted by atomic mass is 9.98. The number of H-pyrrole nitrogens is 1. The summed E-state index contributed by atoms with van der Waals surface area (Å²) in [6.07, 6.45) is 1.04. The minimum Gasteiger partial charge on any atom is -0.494 e. The van der Waals surface area contributed by atoms with Gasteiger partial charge in [-0.25, -0.2) is 17.8 Å². The first-order valence-electron chi connectivity index (χ1n) is 12.4. The largest absolute Gasteiger partial charge is 0.494 e. The van der Waals surface area contributed by atoms with Gasteiger partial charge >= 0.3 is 5.97 Å². The number of ether oxygens (including phenoxy) is 1. The standard InChI is InChI=1S/C29H29FN4O6S/c1-33(2)25(35)17-34(41(4,38)39)22-11-9-21(10-12-22)31-28(19-7-5-6-18(14-19)15-26(36)40-3)27-23-13-8-20(30)16-24(23)32-29(27)37/h5-14,16,32,37H,15,17H2,1-4H3. The molecule has 12 heteroatoms. The van der Waals surface area contributed by atoms with Gasteiger partial charge in [-0.1, -0.05) is 18.2 Å². The van der Waals surface area contributed by atoms with Crippen LogP contribution < -0.4 is 4.31 Å². The van der Waals surface area contributed by atoms with Crippen LogP contribution in [0.25, 0.3) is 10.9 Å². The number of halogens is 1. The summed E-state index contributed by atoms with van der Waals surface area (Å²) < 4.78 is 44.6. The number of anilines is 1. The number of methoxy groups -OCH3 is 1. The molecule has 0 radical (unpaired) electrons. The molecule has 4 aromatic rings. The summed E-state index contributed by atoms with van der Waals surface area (Å²) in [6.45, 7) is -0.369. The van der Waals surface area contributed by atoms with Gasteiger partial charge in [0.2, 0.25) is 15.9 Å². The maximum absolute atomic E-state index is 13.9. The van der Waals surface area contributed by atoms with Crippen LogP contribution in [0.3, 0.4) is 0 Å². The van der Waals surface area contributed by atoms with Crippen molar-refractivity contribution in [3.8, 4) is 5.88 Å². The third kappa shape index (κ3) is 6.72. The Kier molecular flexibility index (Phi) is 8.43. The van der Waals surface area contributed by atoms with Crippen molar-refractivity contribution in [2.45, 2.75) is 6.42 Å².